The van der Waals surface area contributed by atoms with Crippen LogP contribution in [0.4, 0.5) is 15.5 Å². The van der Waals surface area contributed by atoms with Crippen LogP contribution in [0.3, 0.4) is 0 Å². The molecule has 1 unspecified atom stereocenters. The fourth-order valence-corrected chi connectivity index (χ4v) is 7.21. The second kappa shape index (κ2) is 15.9. The third-order valence-electron chi connectivity index (χ3n) is 10.2. The van der Waals surface area contributed by atoms with Crippen molar-refractivity contribution in [2.45, 2.75) is 24.9 Å². The summed E-state index contributed by atoms with van der Waals surface area (Å²) in [6.45, 7) is 4.71. The largest absolute Gasteiger partial charge is 0.378 e. The number of hydrogen-bond donors (Lipinski definition) is 4. The molecule has 2 aromatic heterocycles. The van der Waals surface area contributed by atoms with Crippen molar-refractivity contribution >= 4 is 23.9 Å². The summed E-state index contributed by atoms with van der Waals surface area (Å²) in [6.07, 6.45) is 5.14. The molecular weight excluding hydrogens is 686 g/mol. The fourth-order valence-electron chi connectivity index (χ4n) is 7.21. The summed E-state index contributed by atoms with van der Waals surface area (Å²) in [7, 11) is 0. The Kier molecular flexibility index (Phi) is 10.4. The van der Waals surface area contributed by atoms with Crippen molar-refractivity contribution in [1.29, 1.82) is 0 Å². The second-order valence-corrected chi connectivity index (χ2v) is 13.6. The Bertz CT molecular complexity index is 2050. The predicted octanol–water partition coefficient (Wildman–Crippen LogP) is 5.44. The predicted molar refractivity (Wildman–Crippen MR) is 202 cm³/mol. The molecule has 0 saturated carbocycles. The molecule has 14 heteroatoms. The van der Waals surface area contributed by atoms with Crippen LogP contribution in [0.15, 0.2) is 91.3 Å². The molecule has 5 aromatic rings. The molecule has 3 saturated heterocycles. The van der Waals surface area contributed by atoms with Crippen LogP contribution in [0.1, 0.15) is 36.3 Å². The zero-order valence-electron chi connectivity index (χ0n) is 29.9. The van der Waals surface area contributed by atoms with E-state index in [2.05, 4.69) is 62.0 Å². The number of nitrogens with one attached hydrogen (secondary N) is 4. The number of morpholine rings is 2. The number of anilines is 1. The summed E-state index contributed by atoms with van der Waals surface area (Å²) >= 11 is 0. The lowest BCUT2D eigenvalue weighted by Crippen LogP contribution is -2.50. The summed E-state index contributed by atoms with van der Waals surface area (Å²) in [4.78, 5) is 61.0. The summed E-state index contributed by atoms with van der Waals surface area (Å²) in [6, 6.07) is 24.3. The van der Waals surface area contributed by atoms with Gasteiger partial charge < -0.3 is 39.5 Å². The molecule has 5 heterocycles. The fraction of sp³-hybridized carbons (Fsp3) is 0.325. The first-order valence-electron chi connectivity index (χ1n) is 18.4. The molecule has 54 heavy (non-hydrogen) atoms. The molecule has 0 aliphatic carbocycles. The molecule has 3 aliphatic rings. The quantitative estimate of drug-likeness (QED) is 0.165. The van der Waals surface area contributed by atoms with Crippen LogP contribution in [0.25, 0.3) is 33.6 Å². The number of benzene rings is 3. The number of urea groups is 2. The van der Waals surface area contributed by atoms with Gasteiger partial charge in [0, 0.05) is 32.7 Å². The second-order valence-electron chi connectivity index (χ2n) is 13.6. The number of H-pyrrole nitrogens is 2. The van der Waals surface area contributed by atoms with E-state index >= 15 is 0 Å². The third kappa shape index (κ3) is 7.70. The van der Waals surface area contributed by atoms with Crippen molar-refractivity contribution in [3.05, 3.63) is 103 Å². The molecular formula is C40H43N9O5. The first-order valence-corrected chi connectivity index (χ1v) is 18.4. The Balaban J connectivity index is 0.920. The van der Waals surface area contributed by atoms with Gasteiger partial charge in [-0.05, 0) is 40.7 Å². The van der Waals surface area contributed by atoms with E-state index < -0.39 is 6.04 Å². The van der Waals surface area contributed by atoms with E-state index in [0.717, 1.165) is 57.9 Å². The molecule has 3 aromatic carbocycles. The van der Waals surface area contributed by atoms with Gasteiger partial charge in [0.1, 0.15) is 11.9 Å². The van der Waals surface area contributed by atoms with Crippen LogP contribution in [-0.2, 0) is 14.3 Å². The number of ether oxygens (including phenoxy) is 2. The van der Waals surface area contributed by atoms with Crippen molar-refractivity contribution in [3.8, 4) is 33.6 Å². The first kappa shape index (κ1) is 35.1. The minimum Gasteiger partial charge on any atom is -0.378 e. The van der Waals surface area contributed by atoms with Crippen molar-refractivity contribution in [2.75, 3.05) is 64.5 Å². The van der Waals surface area contributed by atoms with Crippen molar-refractivity contribution in [1.82, 2.24) is 40.0 Å². The molecule has 0 spiro atoms. The van der Waals surface area contributed by atoms with E-state index in [0.29, 0.717) is 65.1 Å². The maximum Gasteiger partial charge on any atom is 0.324 e. The number of aromatic nitrogens is 4. The molecule has 0 bridgehead atoms. The Morgan fingerprint density at radius 2 is 1.22 bits per heavy atom. The standard InChI is InChI=1S/C40H43N9O5/c50-37(35(31-5-2-1-3-6-31)45-39(51)47-17-21-53-22-18-47)49-16-4-7-34(49)36-41-25-32(43-36)29-12-8-27(9-13-29)28-10-14-30(15-11-28)33-26-42-38(44-33)46-40(52)48-19-23-54-24-20-48/h1-3,5-6,8-15,25-26,34-35H,4,7,16-24H2,(H,41,43)(H,45,51)(H2,42,44,46,52)/t34?,35-/m1/s1. The highest BCUT2D eigenvalue weighted by Crippen LogP contribution is 2.34. The number of hydrogen-bond acceptors (Lipinski definition) is 7. The topological polar surface area (TPSA) is 161 Å². The molecule has 3 aliphatic heterocycles. The lowest BCUT2D eigenvalue weighted by molar-refractivity contribution is -0.134. The van der Waals surface area contributed by atoms with Crippen molar-refractivity contribution in [3.63, 3.8) is 0 Å². The maximum absolute atomic E-state index is 14.2. The lowest BCUT2D eigenvalue weighted by atomic mass is 10.0. The number of rotatable bonds is 8. The monoisotopic (exact) mass is 729 g/mol. The molecule has 278 valence electrons. The van der Waals surface area contributed by atoms with Crippen molar-refractivity contribution in [2.24, 2.45) is 0 Å². The van der Waals surface area contributed by atoms with Gasteiger partial charge in [0.15, 0.2) is 0 Å². The van der Waals surface area contributed by atoms with Crippen LogP contribution in [0.2, 0.25) is 0 Å². The minimum atomic E-state index is -0.816. The van der Waals surface area contributed by atoms with E-state index in [4.69, 9.17) is 14.5 Å². The highest BCUT2D eigenvalue weighted by atomic mass is 16.5. The van der Waals surface area contributed by atoms with E-state index in [1.165, 1.54) is 0 Å². The summed E-state index contributed by atoms with van der Waals surface area (Å²) in [5.41, 5.74) is 6.46. The summed E-state index contributed by atoms with van der Waals surface area (Å²) in [5, 5.41) is 5.85. The molecule has 3 fully saturated rings. The van der Waals surface area contributed by atoms with Crippen LogP contribution in [-0.4, -0.2) is 112 Å². The van der Waals surface area contributed by atoms with E-state index in [-0.39, 0.29) is 24.0 Å². The maximum atomic E-state index is 14.2. The highest BCUT2D eigenvalue weighted by molar-refractivity contribution is 5.89. The first-order chi connectivity index (χ1) is 26.5. The third-order valence-corrected chi connectivity index (χ3v) is 10.2. The number of aromatic amines is 2. The van der Waals surface area contributed by atoms with Gasteiger partial charge in [-0.2, -0.15) is 0 Å². The Morgan fingerprint density at radius 3 is 1.85 bits per heavy atom. The molecule has 8 rings (SSSR count). The van der Waals surface area contributed by atoms with Gasteiger partial charge in [-0.15, -0.1) is 0 Å². The SMILES string of the molecule is O=C(Nc1ncc(-c2ccc(-c3ccc(-c4cnc(C5CCCN5C(=O)[C@H](NC(=O)N5CCOCC5)c5ccccc5)[nH]4)cc3)cc2)[nH]1)N1CCOCC1. The van der Waals surface area contributed by atoms with Gasteiger partial charge in [-0.1, -0.05) is 78.9 Å². The van der Waals surface area contributed by atoms with Gasteiger partial charge in [0.05, 0.1) is 56.3 Å². The van der Waals surface area contributed by atoms with Crippen LogP contribution in [0, 0.1) is 0 Å². The van der Waals surface area contributed by atoms with Crippen LogP contribution >= 0.6 is 0 Å². The number of imidazole rings is 2. The van der Waals surface area contributed by atoms with Gasteiger partial charge in [0.2, 0.25) is 11.9 Å². The Morgan fingerprint density at radius 1 is 0.667 bits per heavy atom. The van der Waals surface area contributed by atoms with E-state index in [1.807, 2.05) is 53.6 Å². The molecule has 5 amide bonds. The highest BCUT2D eigenvalue weighted by Gasteiger charge is 2.37. The average Bonchev–Trinajstić information content (AvgIpc) is 4.03. The number of carbonyl (C=O) groups is 3. The Hall–Kier alpha value is -5.99. The zero-order chi connectivity index (χ0) is 36.9. The van der Waals surface area contributed by atoms with E-state index in [1.54, 1.807) is 16.0 Å². The molecule has 2 atom stereocenters. The van der Waals surface area contributed by atoms with Gasteiger partial charge in [-0.3, -0.25) is 10.1 Å². The Labute approximate surface area is 312 Å². The molecule has 0 radical (unpaired) electrons. The lowest BCUT2D eigenvalue weighted by Gasteiger charge is -2.32. The number of likely N-dealkylation sites (tertiary alicyclic amines) is 1. The van der Waals surface area contributed by atoms with Crippen molar-refractivity contribution < 1.29 is 23.9 Å². The smallest absolute Gasteiger partial charge is 0.324 e. The summed E-state index contributed by atoms with van der Waals surface area (Å²) in [5.74, 6) is 0.978. The zero-order valence-corrected chi connectivity index (χ0v) is 29.9. The number of nitrogens with zero attached hydrogens (tertiary/aromatic N) is 5. The van der Waals surface area contributed by atoms with Gasteiger partial charge >= 0.3 is 12.1 Å². The summed E-state index contributed by atoms with van der Waals surface area (Å²) < 4.78 is 10.7. The average molecular weight is 730 g/mol. The van der Waals surface area contributed by atoms with E-state index in [9.17, 15) is 14.4 Å². The van der Waals surface area contributed by atoms with Gasteiger partial charge in [0.25, 0.3) is 0 Å². The normalized spacial score (nSPS) is 18.0. The van der Waals surface area contributed by atoms with Gasteiger partial charge in [-0.25, -0.2) is 19.6 Å². The minimum absolute atomic E-state index is 0.151. The molecule has 4 N–H and O–H groups in total. The number of amides is 5. The number of carbonyl (C=O) groups excluding carboxylic acids is 3. The van der Waals surface area contributed by atoms with Crippen LogP contribution in [0.5, 0.6) is 0 Å². The molecule has 14 nitrogen and oxygen atoms in total. The van der Waals surface area contributed by atoms with Crippen LogP contribution < -0.4 is 10.6 Å².